The van der Waals surface area contributed by atoms with Crippen molar-refractivity contribution in [3.8, 4) is 11.5 Å². The molecule has 0 fully saturated rings. The Morgan fingerprint density at radius 1 is 1.18 bits per heavy atom. The highest BCUT2D eigenvalue weighted by Gasteiger charge is 2.15. The fourth-order valence-electron chi connectivity index (χ4n) is 2.27. The first-order valence-corrected chi connectivity index (χ1v) is 11.1. The van der Waals surface area contributed by atoms with Crippen molar-refractivity contribution in [3.63, 3.8) is 0 Å². The maximum atomic E-state index is 12.1. The highest BCUT2D eigenvalue weighted by molar-refractivity contribution is 9.10. The first kappa shape index (κ1) is 22.0. The molecular formula is C20H22BrNO5S. The van der Waals surface area contributed by atoms with E-state index in [9.17, 15) is 13.2 Å². The number of halogens is 1. The molecule has 0 aliphatic heterocycles. The smallest absolute Gasteiger partial charge is 0.309 e. The number of carbonyl (C=O) groups excluding carboxylic acids is 1. The Kier molecular flexibility index (Phi) is 8.07. The van der Waals surface area contributed by atoms with Gasteiger partial charge in [0.05, 0.1) is 18.6 Å². The van der Waals surface area contributed by atoms with Crippen LogP contribution < -0.4 is 14.2 Å². The predicted molar refractivity (Wildman–Crippen MR) is 114 cm³/mol. The van der Waals surface area contributed by atoms with Gasteiger partial charge in [0, 0.05) is 10.5 Å². The van der Waals surface area contributed by atoms with Gasteiger partial charge in [-0.1, -0.05) is 31.5 Å². The van der Waals surface area contributed by atoms with Crippen molar-refractivity contribution in [2.45, 2.75) is 19.8 Å². The van der Waals surface area contributed by atoms with E-state index in [-0.39, 0.29) is 23.2 Å². The molecule has 0 aliphatic rings. The first-order valence-electron chi connectivity index (χ1n) is 8.68. The summed E-state index contributed by atoms with van der Waals surface area (Å²) in [4.78, 5) is 12.1. The molecule has 0 saturated heterocycles. The molecule has 8 heteroatoms. The topological polar surface area (TPSA) is 81.7 Å². The third kappa shape index (κ3) is 6.69. The number of hydrogen-bond donors (Lipinski definition) is 1. The van der Waals surface area contributed by atoms with E-state index in [0.29, 0.717) is 17.7 Å². The molecule has 0 heterocycles. The molecule has 0 bridgehead atoms. The molecule has 2 rings (SSSR count). The van der Waals surface area contributed by atoms with Crippen LogP contribution in [0.15, 0.2) is 53.0 Å². The minimum Gasteiger partial charge on any atom is -0.493 e. The molecular weight excluding hydrogens is 446 g/mol. The molecule has 2 aromatic rings. The largest absolute Gasteiger partial charge is 0.493 e. The van der Waals surface area contributed by atoms with E-state index in [2.05, 4.69) is 21.2 Å². The lowest BCUT2D eigenvalue weighted by molar-refractivity contribution is -0.111. The monoisotopic (exact) mass is 467 g/mol. The average Bonchev–Trinajstić information content (AvgIpc) is 2.67. The Labute approximate surface area is 173 Å². The van der Waals surface area contributed by atoms with Gasteiger partial charge in [0.25, 0.3) is 0 Å². The van der Waals surface area contributed by atoms with E-state index >= 15 is 0 Å². The molecule has 0 saturated carbocycles. The quantitative estimate of drug-likeness (QED) is 0.429. The maximum Gasteiger partial charge on any atom is 0.309 e. The molecule has 0 unspecified atom stereocenters. The predicted octanol–water partition coefficient (Wildman–Crippen LogP) is 4.62. The van der Waals surface area contributed by atoms with Gasteiger partial charge < -0.3 is 14.2 Å². The van der Waals surface area contributed by atoms with Crippen LogP contribution in [0.5, 0.6) is 11.5 Å². The number of amides is 1. The van der Waals surface area contributed by atoms with Gasteiger partial charge in [0.15, 0.2) is 11.5 Å². The van der Waals surface area contributed by atoms with Crippen LogP contribution in [0.1, 0.15) is 25.3 Å². The van der Waals surface area contributed by atoms with Gasteiger partial charge in [-0.05, 0) is 58.3 Å². The molecule has 28 heavy (non-hydrogen) atoms. The van der Waals surface area contributed by atoms with E-state index in [4.69, 9.17) is 8.92 Å². The molecule has 0 aliphatic carbocycles. The molecule has 2 aromatic carbocycles. The number of benzene rings is 2. The Balaban J connectivity index is 2.09. The summed E-state index contributed by atoms with van der Waals surface area (Å²) < 4.78 is 35.1. The third-order valence-electron chi connectivity index (χ3n) is 3.71. The highest BCUT2D eigenvalue weighted by atomic mass is 79.9. The lowest BCUT2D eigenvalue weighted by Crippen LogP contribution is -2.14. The molecule has 0 radical (unpaired) electrons. The zero-order valence-electron chi connectivity index (χ0n) is 15.6. The number of carbonyl (C=O) groups is 1. The van der Waals surface area contributed by atoms with E-state index in [1.807, 2.05) is 25.1 Å². The third-order valence-corrected chi connectivity index (χ3v) is 5.62. The van der Waals surface area contributed by atoms with Gasteiger partial charge in [-0.15, -0.1) is 0 Å². The minimum atomic E-state index is -3.67. The second-order valence-corrected chi connectivity index (χ2v) is 8.46. The summed E-state index contributed by atoms with van der Waals surface area (Å²) in [7, 11) is -2.25. The zero-order chi connectivity index (χ0) is 20.6. The fourth-order valence-corrected chi connectivity index (χ4v) is 3.79. The van der Waals surface area contributed by atoms with Crippen molar-refractivity contribution < 1.29 is 22.1 Å². The Morgan fingerprint density at radius 2 is 1.93 bits per heavy atom. The summed E-state index contributed by atoms with van der Waals surface area (Å²) >= 11 is 3.37. The fraction of sp³-hybridized carbons (Fsp3) is 0.250. The van der Waals surface area contributed by atoms with Crippen LogP contribution in [-0.4, -0.2) is 27.2 Å². The van der Waals surface area contributed by atoms with Crippen molar-refractivity contribution in [3.05, 3.63) is 58.6 Å². The molecule has 0 aromatic heterocycles. The highest BCUT2D eigenvalue weighted by Crippen LogP contribution is 2.30. The van der Waals surface area contributed by atoms with Crippen LogP contribution in [0.25, 0.3) is 6.08 Å². The molecule has 1 N–H and O–H groups in total. The summed E-state index contributed by atoms with van der Waals surface area (Å²) in [6.45, 7) is 1.91. The number of unbranched alkanes of at least 4 members (excludes halogenated alkanes) is 1. The second kappa shape index (κ2) is 10.3. The van der Waals surface area contributed by atoms with Crippen LogP contribution in [0.4, 0.5) is 5.69 Å². The van der Waals surface area contributed by atoms with E-state index < -0.39 is 10.1 Å². The van der Waals surface area contributed by atoms with Gasteiger partial charge in [-0.25, -0.2) is 0 Å². The first-order chi connectivity index (χ1) is 13.3. The molecule has 0 atom stereocenters. The van der Waals surface area contributed by atoms with Crippen molar-refractivity contribution >= 4 is 43.7 Å². The van der Waals surface area contributed by atoms with E-state index in [1.54, 1.807) is 24.3 Å². The van der Waals surface area contributed by atoms with Crippen LogP contribution in [0, 0.1) is 0 Å². The Bertz CT molecular complexity index is 957. The number of nitrogens with one attached hydrogen (secondary N) is 1. The number of methoxy groups -OCH3 is 1. The van der Waals surface area contributed by atoms with Crippen molar-refractivity contribution in [2.24, 2.45) is 0 Å². The lowest BCUT2D eigenvalue weighted by Gasteiger charge is -2.11. The van der Waals surface area contributed by atoms with Gasteiger partial charge >= 0.3 is 10.1 Å². The number of anilines is 1. The second-order valence-electron chi connectivity index (χ2n) is 5.91. The minimum absolute atomic E-state index is 0.0521. The van der Waals surface area contributed by atoms with Gasteiger partial charge in [0.2, 0.25) is 5.91 Å². The van der Waals surface area contributed by atoms with Crippen molar-refractivity contribution in [1.29, 1.82) is 0 Å². The Hall–Kier alpha value is -2.32. The Morgan fingerprint density at radius 3 is 2.61 bits per heavy atom. The zero-order valence-corrected chi connectivity index (χ0v) is 18.0. The molecule has 150 valence electrons. The lowest BCUT2D eigenvalue weighted by atomic mass is 10.2. The maximum absolute atomic E-state index is 12.1. The number of rotatable bonds is 9. The summed E-state index contributed by atoms with van der Waals surface area (Å²) in [5, 5.41) is 2.76. The van der Waals surface area contributed by atoms with E-state index in [1.165, 1.54) is 19.3 Å². The molecule has 1 amide bonds. The van der Waals surface area contributed by atoms with Crippen LogP contribution in [-0.2, 0) is 14.9 Å². The van der Waals surface area contributed by atoms with Crippen LogP contribution in [0.2, 0.25) is 0 Å². The van der Waals surface area contributed by atoms with Crippen LogP contribution >= 0.6 is 15.9 Å². The number of hydrogen-bond acceptors (Lipinski definition) is 5. The summed E-state index contributed by atoms with van der Waals surface area (Å²) in [6.07, 6.45) is 4.26. The average molecular weight is 468 g/mol. The summed E-state index contributed by atoms with van der Waals surface area (Å²) in [5.74, 6) is 0.0407. The van der Waals surface area contributed by atoms with Crippen molar-refractivity contribution in [1.82, 2.24) is 0 Å². The SMILES string of the molecule is CCCCS(=O)(=O)Oc1ccc(/C=C/C(=O)Nc2ccccc2Br)cc1OC. The normalized spacial score (nSPS) is 11.4. The number of para-hydroxylation sites is 1. The molecule has 0 spiro atoms. The van der Waals surface area contributed by atoms with Crippen molar-refractivity contribution in [2.75, 3.05) is 18.2 Å². The van der Waals surface area contributed by atoms with Gasteiger partial charge in [-0.3, -0.25) is 4.79 Å². The standard InChI is InChI=1S/C20H22BrNO5S/c1-3-4-13-28(24,25)27-18-11-9-15(14-19(18)26-2)10-12-20(23)22-17-8-6-5-7-16(17)21/h5-12,14H,3-4,13H2,1-2H3,(H,22,23)/b12-10+. The number of ether oxygens (including phenoxy) is 1. The van der Waals surface area contributed by atoms with Gasteiger partial charge in [0.1, 0.15) is 0 Å². The van der Waals surface area contributed by atoms with Crippen LogP contribution in [0.3, 0.4) is 0 Å². The van der Waals surface area contributed by atoms with Gasteiger partial charge in [-0.2, -0.15) is 8.42 Å². The summed E-state index contributed by atoms with van der Waals surface area (Å²) in [5.41, 5.74) is 1.33. The molecule has 6 nitrogen and oxygen atoms in total. The van der Waals surface area contributed by atoms with E-state index in [0.717, 1.165) is 10.9 Å². The summed E-state index contributed by atoms with van der Waals surface area (Å²) in [6, 6.07) is 12.0.